The summed E-state index contributed by atoms with van der Waals surface area (Å²) < 4.78 is 1.45. The summed E-state index contributed by atoms with van der Waals surface area (Å²) in [6.07, 6.45) is 47.3. The molecule has 0 rings (SSSR count). The third-order valence-corrected chi connectivity index (χ3v) is 10.1. The molecule has 0 unspecified atom stereocenters. The summed E-state index contributed by atoms with van der Waals surface area (Å²) in [4.78, 5) is 10.6. The highest BCUT2D eigenvalue weighted by molar-refractivity contribution is 5.66. The maximum absolute atomic E-state index is 10.6. The highest BCUT2D eigenvalue weighted by Crippen LogP contribution is 2.21. The van der Waals surface area contributed by atoms with Crippen molar-refractivity contribution in [1.29, 1.82) is 0 Å². The van der Waals surface area contributed by atoms with Gasteiger partial charge >= 0.3 is 5.97 Å². The van der Waals surface area contributed by atoms with Crippen LogP contribution in [0.15, 0.2) is 12.2 Å². The molecule has 0 atom stereocenters. The summed E-state index contributed by atoms with van der Waals surface area (Å²) in [5.41, 5.74) is 0. The molecule has 0 radical (unpaired) electrons. The van der Waals surface area contributed by atoms with E-state index in [0.29, 0.717) is 6.42 Å². The molecule has 1 N–H and O–H groups in total. The Kier molecular flexibility index (Phi) is 35.3. The van der Waals surface area contributed by atoms with Gasteiger partial charge in [0.25, 0.3) is 0 Å². The summed E-state index contributed by atoms with van der Waals surface area (Å²) >= 11 is 0. The number of carboxylic acids is 1. The van der Waals surface area contributed by atoms with Gasteiger partial charge in [-0.1, -0.05) is 148 Å². The molecule has 3 heteroatoms. The molecule has 0 spiro atoms. The first kappa shape index (κ1) is 44.2. The van der Waals surface area contributed by atoms with E-state index in [2.05, 4.69) is 32.9 Å². The fourth-order valence-corrected chi connectivity index (χ4v) is 7.07. The summed E-state index contributed by atoms with van der Waals surface area (Å²) in [6, 6.07) is 0. The summed E-state index contributed by atoms with van der Waals surface area (Å²) in [5, 5.41) is 8.70. The van der Waals surface area contributed by atoms with Crippen LogP contribution in [0.4, 0.5) is 0 Å². The molecule has 0 aromatic heterocycles. The van der Waals surface area contributed by atoms with Gasteiger partial charge < -0.3 is 9.59 Å². The Morgan fingerprint density at radius 3 is 0.978 bits per heavy atom. The van der Waals surface area contributed by atoms with Crippen LogP contribution in [0.3, 0.4) is 0 Å². The molecule has 0 amide bonds. The van der Waals surface area contributed by atoms with Gasteiger partial charge in [-0.2, -0.15) is 0 Å². The summed E-state index contributed by atoms with van der Waals surface area (Å²) in [6.45, 7) is 12.8. The molecule has 0 saturated heterocycles. The van der Waals surface area contributed by atoms with Crippen LogP contribution in [-0.2, 0) is 4.79 Å². The molecule has 45 heavy (non-hydrogen) atoms. The van der Waals surface area contributed by atoms with Crippen LogP contribution in [0.2, 0.25) is 0 Å². The van der Waals surface area contributed by atoms with Crippen molar-refractivity contribution in [3.8, 4) is 0 Å². The molecule has 0 heterocycles. The molecule has 0 aromatic rings. The van der Waals surface area contributed by atoms with Crippen LogP contribution in [0.25, 0.3) is 0 Å². The molecule has 0 aliphatic carbocycles. The minimum Gasteiger partial charge on any atom is -0.481 e. The van der Waals surface area contributed by atoms with E-state index < -0.39 is 5.97 Å². The topological polar surface area (TPSA) is 37.3 Å². The predicted molar refractivity (Wildman–Crippen MR) is 201 cm³/mol. The highest BCUT2D eigenvalue weighted by Gasteiger charge is 2.25. The monoisotopic (exact) mass is 635 g/mol. The fourth-order valence-electron chi connectivity index (χ4n) is 7.07. The van der Waals surface area contributed by atoms with Crippen LogP contribution < -0.4 is 0 Å². The Morgan fingerprint density at radius 2 is 0.667 bits per heavy atom. The second-order valence-corrected chi connectivity index (χ2v) is 14.6. The third kappa shape index (κ3) is 32.9. The highest BCUT2D eigenvalue weighted by atomic mass is 16.4. The van der Waals surface area contributed by atoms with E-state index in [1.807, 2.05) is 0 Å². The van der Waals surface area contributed by atoms with Crippen molar-refractivity contribution in [2.75, 3.05) is 26.2 Å². The predicted octanol–water partition coefficient (Wildman–Crippen LogP) is 14.0. The van der Waals surface area contributed by atoms with E-state index in [-0.39, 0.29) is 0 Å². The zero-order chi connectivity index (χ0) is 32.9. The van der Waals surface area contributed by atoms with E-state index >= 15 is 0 Å². The van der Waals surface area contributed by atoms with Crippen LogP contribution in [-0.4, -0.2) is 41.7 Å². The molecule has 0 fully saturated rings. The number of hydrogen-bond donors (Lipinski definition) is 1. The number of unbranched alkanes of at least 4 members (excludes halogenated alkanes) is 26. The molecular weight excluding hydrogens is 550 g/mol. The average Bonchev–Trinajstić information content (AvgIpc) is 3.03. The van der Waals surface area contributed by atoms with Crippen LogP contribution in [0.5, 0.6) is 0 Å². The number of carbonyl (C=O) groups is 1. The third-order valence-electron chi connectivity index (χ3n) is 10.1. The van der Waals surface area contributed by atoms with Gasteiger partial charge in [-0.05, 0) is 83.5 Å². The fraction of sp³-hybridized carbons (Fsp3) is 0.929. The second kappa shape index (κ2) is 36.0. The Labute approximate surface area is 284 Å². The Hall–Kier alpha value is -0.830. The lowest BCUT2D eigenvalue weighted by Crippen LogP contribution is -2.50. The SMILES string of the molecule is CCCCCCCC[N+](CCCCCCCC)(CCCCCCCC)CCCCCCCCC=CCCCCCCCC(=O)O. The molecular formula is C42H84NO2+. The Bertz CT molecular complexity index is 575. The van der Waals surface area contributed by atoms with Crippen molar-refractivity contribution in [3.05, 3.63) is 12.2 Å². The maximum Gasteiger partial charge on any atom is 0.303 e. The summed E-state index contributed by atoms with van der Waals surface area (Å²) in [7, 11) is 0. The molecule has 3 nitrogen and oxygen atoms in total. The standard InChI is InChI=1S/C42H83NO2/c1-4-7-10-13-28-33-38-43(39-34-29-14-11-8-5-2,40-35-30-15-12-9-6-3)41-36-31-26-24-22-20-18-16-17-19-21-23-25-27-32-37-42(44)45/h16-17H,4-15,18-41H2,1-3H3/p+1. The second-order valence-electron chi connectivity index (χ2n) is 14.6. The van der Waals surface area contributed by atoms with E-state index in [1.165, 1.54) is 217 Å². The van der Waals surface area contributed by atoms with E-state index in [1.54, 1.807) is 0 Å². The number of aliphatic carboxylic acids is 1. The van der Waals surface area contributed by atoms with Gasteiger partial charge in [-0.25, -0.2) is 0 Å². The minimum atomic E-state index is -0.657. The lowest BCUT2D eigenvalue weighted by atomic mass is 10.0. The van der Waals surface area contributed by atoms with E-state index in [9.17, 15) is 4.79 Å². The van der Waals surface area contributed by atoms with Crippen LogP contribution in [0, 0.1) is 0 Å². The van der Waals surface area contributed by atoms with Crippen molar-refractivity contribution < 1.29 is 14.4 Å². The van der Waals surface area contributed by atoms with E-state index in [4.69, 9.17) is 5.11 Å². The first-order valence-electron chi connectivity index (χ1n) is 20.8. The number of hydrogen-bond acceptors (Lipinski definition) is 1. The quantitative estimate of drug-likeness (QED) is 0.0417. The van der Waals surface area contributed by atoms with Crippen LogP contribution >= 0.6 is 0 Å². The molecule has 0 aliphatic rings. The lowest BCUT2D eigenvalue weighted by molar-refractivity contribution is -0.929. The number of carboxylic acid groups (broad SMARTS) is 1. The van der Waals surface area contributed by atoms with Crippen molar-refractivity contribution in [3.63, 3.8) is 0 Å². The Morgan fingerprint density at radius 1 is 0.400 bits per heavy atom. The van der Waals surface area contributed by atoms with Gasteiger partial charge in [0.2, 0.25) is 0 Å². The molecule has 0 aromatic carbocycles. The zero-order valence-corrected chi connectivity index (χ0v) is 31.4. The average molecular weight is 635 g/mol. The minimum absolute atomic E-state index is 0.331. The van der Waals surface area contributed by atoms with Gasteiger partial charge in [0.1, 0.15) is 0 Å². The normalized spacial score (nSPS) is 12.1. The maximum atomic E-state index is 10.6. The van der Waals surface area contributed by atoms with Crippen LogP contribution in [0.1, 0.15) is 226 Å². The smallest absolute Gasteiger partial charge is 0.303 e. The first-order chi connectivity index (χ1) is 22.1. The van der Waals surface area contributed by atoms with E-state index in [0.717, 1.165) is 12.8 Å². The van der Waals surface area contributed by atoms with Crippen molar-refractivity contribution in [2.24, 2.45) is 0 Å². The molecule has 0 saturated carbocycles. The number of allylic oxidation sites excluding steroid dienone is 2. The Balaban J connectivity index is 4.45. The lowest BCUT2D eigenvalue weighted by Gasteiger charge is -2.40. The van der Waals surface area contributed by atoms with Gasteiger partial charge in [0, 0.05) is 6.42 Å². The largest absolute Gasteiger partial charge is 0.481 e. The van der Waals surface area contributed by atoms with Gasteiger partial charge in [0.05, 0.1) is 26.2 Å². The summed E-state index contributed by atoms with van der Waals surface area (Å²) in [5.74, 6) is -0.657. The van der Waals surface area contributed by atoms with Crippen molar-refractivity contribution >= 4 is 5.97 Å². The number of nitrogens with zero attached hydrogens (tertiary/aromatic N) is 1. The van der Waals surface area contributed by atoms with Gasteiger partial charge in [0.15, 0.2) is 0 Å². The van der Waals surface area contributed by atoms with Crippen molar-refractivity contribution in [2.45, 2.75) is 226 Å². The van der Waals surface area contributed by atoms with Gasteiger partial charge in [-0.15, -0.1) is 0 Å². The number of rotatable bonds is 38. The molecule has 268 valence electrons. The zero-order valence-electron chi connectivity index (χ0n) is 31.4. The number of quaternary nitrogens is 1. The first-order valence-corrected chi connectivity index (χ1v) is 20.8. The molecule has 0 aliphatic heterocycles. The molecule has 0 bridgehead atoms. The van der Waals surface area contributed by atoms with Gasteiger partial charge in [-0.3, -0.25) is 4.79 Å². The van der Waals surface area contributed by atoms with Crippen molar-refractivity contribution in [1.82, 2.24) is 0 Å².